The number of ether oxygens (including phenoxy) is 1. The number of nitrogens with one attached hydrogen (secondary N) is 1. The molecule has 0 radical (unpaired) electrons. The summed E-state index contributed by atoms with van der Waals surface area (Å²) in [4.78, 5) is 16.7. The van der Waals surface area contributed by atoms with Crippen molar-refractivity contribution in [1.82, 2.24) is 24.5 Å². The minimum Gasteiger partial charge on any atom is -0.423 e. The van der Waals surface area contributed by atoms with Crippen LogP contribution in [0.3, 0.4) is 0 Å². The highest BCUT2D eigenvalue weighted by atomic mass is 19.1. The van der Waals surface area contributed by atoms with Crippen molar-refractivity contribution in [3.8, 4) is 5.82 Å². The van der Waals surface area contributed by atoms with Crippen LogP contribution in [0.5, 0.6) is 0 Å². The maximum Gasteiger partial charge on any atom is 0.296 e. The zero-order valence-corrected chi connectivity index (χ0v) is 14.5. The SMILES string of the molecule is O=c1ccc(-n2cccn2)nn1C1COCC1Nc1nc2ccc(F)cc2o1. The van der Waals surface area contributed by atoms with Gasteiger partial charge in [0.1, 0.15) is 17.4 Å². The summed E-state index contributed by atoms with van der Waals surface area (Å²) >= 11 is 0. The molecule has 4 heterocycles. The molecule has 4 aromatic rings. The summed E-state index contributed by atoms with van der Waals surface area (Å²) < 4.78 is 27.4. The van der Waals surface area contributed by atoms with Crippen LogP contribution < -0.4 is 10.9 Å². The Labute approximate surface area is 157 Å². The van der Waals surface area contributed by atoms with Gasteiger partial charge in [-0.3, -0.25) is 4.79 Å². The Morgan fingerprint density at radius 2 is 2.14 bits per heavy atom. The Morgan fingerprint density at radius 1 is 1.21 bits per heavy atom. The van der Waals surface area contributed by atoms with Gasteiger partial charge in [0.2, 0.25) is 0 Å². The second-order valence-corrected chi connectivity index (χ2v) is 6.41. The van der Waals surface area contributed by atoms with Crippen LogP contribution in [0.15, 0.2) is 58.0 Å². The molecule has 0 saturated carbocycles. The van der Waals surface area contributed by atoms with Crippen LogP contribution in [0.25, 0.3) is 16.9 Å². The van der Waals surface area contributed by atoms with E-state index in [1.54, 1.807) is 35.3 Å². The number of oxazole rings is 1. The number of anilines is 1. The lowest BCUT2D eigenvalue weighted by atomic mass is 10.2. The van der Waals surface area contributed by atoms with Crippen molar-refractivity contribution >= 4 is 17.1 Å². The molecule has 10 heteroatoms. The molecule has 1 N–H and O–H groups in total. The van der Waals surface area contributed by atoms with Gasteiger partial charge in [0, 0.05) is 24.5 Å². The zero-order chi connectivity index (χ0) is 19.1. The Kier molecular flexibility index (Phi) is 3.90. The highest BCUT2D eigenvalue weighted by Crippen LogP contribution is 2.25. The van der Waals surface area contributed by atoms with Crippen LogP contribution in [0.2, 0.25) is 0 Å². The van der Waals surface area contributed by atoms with Crippen molar-refractivity contribution in [3.63, 3.8) is 0 Å². The molecule has 1 saturated heterocycles. The molecule has 1 aliphatic heterocycles. The average molecular weight is 382 g/mol. The number of rotatable bonds is 4. The third-order valence-electron chi connectivity index (χ3n) is 4.57. The van der Waals surface area contributed by atoms with Crippen LogP contribution in [-0.2, 0) is 4.74 Å². The van der Waals surface area contributed by atoms with E-state index in [1.165, 1.54) is 22.9 Å². The molecular weight excluding hydrogens is 367 g/mol. The monoisotopic (exact) mass is 382 g/mol. The Bertz CT molecular complexity index is 1190. The van der Waals surface area contributed by atoms with Crippen LogP contribution in [0.4, 0.5) is 10.4 Å². The summed E-state index contributed by atoms with van der Waals surface area (Å²) in [5.74, 6) is 0.121. The standard InChI is InChI=1S/C18H15FN6O3/c19-11-2-3-12-15(8-11)28-18(21-12)22-13-9-27-10-14(13)25-17(26)5-4-16(23-25)24-7-1-6-20-24/h1-8,13-14H,9-10H2,(H,21,22). The van der Waals surface area contributed by atoms with E-state index in [0.717, 1.165) is 0 Å². The van der Waals surface area contributed by atoms with Crippen molar-refractivity contribution in [2.75, 3.05) is 18.5 Å². The Hall–Kier alpha value is -3.53. The Balaban J connectivity index is 1.45. The number of hydrogen-bond acceptors (Lipinski definition) is 7. The number of benzene rings is 1. The number of aromatic nitrogens is 5. The third-order valence-corrected chi connectivity index (χ3v) is 4.57. The van der Waals surface area contributed by atoms with Gasteiger partial charge >= 0.3 is 0 Å². The first-order valence-corrected chi connectivity index (χ1v) is 8.68. The minimum atomic E-state index is -0.400. The van der Waals surface area contributed by atoms with Crippen molar-refractivity contribution in [1.29, 1.82) is 0 Å². The third kappa shape index (κ3) is 2.93. The van der Waals surface area contributed by atoms with E-state index >= 15 is 0 Å². The average Bonchev–Trinajstić information content (AvgIpc) is 3.42. The van der Waals surface area contributed by atoms with E-state index in [1.807, 2.05) is 0 Å². The fraction of sp³-hybridized carbons (Fsp3) is 0.222. The number of halogens is 1. The van der Waals surface area contributed by atoms with E-state index in [4.69, 9.17) is 9.15 Å². The quantitative estimate of drug-likeness (QED) is 0.574. The van der Waals surface area contributed by atoms with Crippen molar-refractivity contribution < 1.29 is 13.5 Å². The van der Waals surface area contributed by atoms with Crippen molar-refractivity contribution in [2.24, 2.45) is 0 Å². The number of fused-ring (bicyclic) bond motifs is 1. The molecule has 9 nitrogen and oxygen atoms in total. The van der Waals surface area contributed by atoms with Gasteiger partial charge in [-0.1, -0.05) is 0 Å². The van der Waals surface area contributed by atoms with Crippen molar-refractivity contribution in [3.05, 3.63) is 65.0 Å². The summed E-state index contributed by atoms with van der Waals surface area (Å²) in [5, 5.41) is 11.7. The van der Waals surface area contributed by atoms with Gasteiger partial charge in [-0.25, -0.2) is 13.8 Å². The molecule has 2 unspecified atom stereocenters. The predicted octanol–water partition coefficient (Wildman–Crippen LogP) is 1.76. The maximum atomic E-state index is 13.4. The number of hydrogen-bond donors (Lipinski definition) is 1. The second-order valence-electron chi connectivity index (χ2n) is 6.41. The minimum absolute atomic E-state index is 0.234. The van der Waals surface area contributed by atoms with E-state index in [2.05, 4.69) is 20.5 Å². The first-order valence-electron chi connectivity index (χ1n) is 8.68. The van der Waals surface area contributed by atoms with Crippen LogP contribution in [-0.4, -0.2) is 43.8 Å². The smallest absolute Gasteiger partial charge is 0.296 e. The predicted molar refractivity (Wildman–Crippen MR) is 96.9 cm³/mol. The van der Waals surface area contributed by atoms with Crippen molar-refractivity contribution in [2.45, 2.75) is 12.1 Å². The molecule has 0 amide bonds. The molecule has 0 spiro atoms. The molecule has 28 heavy (non-hydrogen) atoms. The van der Waals surface area contributed by atoms with Crippen LogP contribution >= 0.6 is 0 Å². The molecule has 5 rings (SSSR count). The second kappa shape index (κ2) is 6.57. The molecule has 1 fully saturated rings. The highest BCUT2D eigenvalue weighted by molar-refractivity contribution is 5.74. The molecular formula is C18H15FN6O3. The highest BCUT2D eigenvalue weighted by Gasteiger charge is 2.32. The van der Waals surface area contributed by atoms with Gasteiger partial charge in [-0.2, -0.15) is 10.1 Å². The van der Waals surface area contributed by atoms with Gasteiger partial charge in [-0.15, -0.1) is 5.10 Å². The number of nitrogens with zero attached hydrogens (tertiary/aromatic N) is 5. The molecule has 142 valence electrons. The molecule has 3 aromatic heterocycles. The largest absolute Gasteiger partial charge is 0.423 e. The summed E-state index contributed by atoms with van der Waals surface area (Å²) in [6, 6.07) is 8.54. The summed E-state index contributed by atoms with van der Waals surface area (Å²) in [6.45, 7) is 0.653. The first kappa shape index (κ1) is 16.6. The lowest BCUT2D eigenvalue weighted by Gasteiger charge is -2.19. The van der Waals surface area contributed by atoms with E-state index in [0.29, 0.717) is 30.1 Å². The summed E-state index contributed by atoms with van der Waals surface area (Å²) in [7, 11) is 0. The molecule has 0 aliphatic carbocycles. The molecule has 1 aromatic carbocycles. The molecule has 2 atom stereocenters. The normalized spacial score (nSPS) is 19.3. The van der Waals surface area contributed by atoms with E-state index in [9.17, 15) is 9.18 Å². The zero-order valence-electron chi connectivity index (χ0n) is 14.5. The van der Waals surface area contributed by atoms with Gasteiger partial charge in [-0.05, 0) is 24.3 Å². The first-order chi connectivity index (χ1) is 13.7. The topological polar surface area (TPSA) is 100 Å². The van der Waals surface area contributed by atoms with E-state index < -0.39 is 5.82 Å². The van der Waals surface area contributed by atoms with Crippen LogP contribution in [0.1, 0.15) is 6.04 Å². The fourth-order valence-corrected chi connectivity index (χ4v) is 3.22. The molecule has 1 aliphatic rings. The maximum absolute atomic E-state index is 13.4. The lowest BCUT2D eigenvalue weighted by Crippen LogP contribution is -2.37. The summed E-state index contributed by atoms with van der Waals surface area (Å²) in [5.41, 5.74) is 0.627. The van der Waals surface area contributed by atoms with Gasteiger partial charge in [0.25, 0.3) is 11.6 Å². The summed E-state index contributed by atoms with van der Waals surface area (Å²) in [6.07, 6.45) is 3.38. The van der Waals surface area contributed by atoms with Gasteiger partial charge in [0.15, 0.2) is 11.4 Å². The van der Waals surface area contributed by atoms with Gasteiger partial charge in [0.05, 0.1) is 19.3 Å². The lowest BCUT2D eigenvalue weighted by molar-refractivity contribution is 0.182. The van der Waals surface area contributed by atoms with E-state index in [-0.39, 0.29) is 23.7 Å². The Morgan fingerprint density at radius 3 is 3.00 bits per heavy atom. The van der Waals surface area contributed by atoms with Gasteiger partial charge < -0.3 is 14.5 Å². The van der Waals surface area contributed by atoms with Crippen LogP contribution in [0, 0.1) is 5.82 Å². The fourth-order valence-electron chi connectivity index (χ4n) is 3.22. The molecule has 0 bridgehead atoms.